The Bertz CT molecular complexity index is 947. The second kappa shape index (κ2) is 8.78. The average Bonchev–Trinajstić information content (AvgIpc) is 2.71. The summed E-state index contributed by atoms with van der Waals surface area (Å²) < 4.78 is 44.0. The molecule has 30 heavy (non-hydrogen) atoms. The van der Waals surface area contributed by atoms with Crippen LogP contribution in [0.15, 0.2) is 42.5 Å². The van der Waals surface area contributed by atoms with Gasteiger partial charge in [-0.05, 0) is 30.3 Å². The summed E-state index contributed by atoms with van der Waals surface area (Å²) in [5.74, 6) is 0.186. The number of carbonyl (C=O) groups excluding carboxylic acids is 1. The number of benzene rings is 2. The van der Waals surface area contributed by atoms with E-state index in [0.717, 1.165) is 12.1 Å². The molecule has 1 aliphatic heterocycles. The van der Waals surface area contributed by atoms with E-state index in [9.17, 15) is 28.1 Å². The number of ether oxygens (including phenoxy) is 1. The number of piperazine rings is 1. The first-order valence-corrected chi connectivity index (χ1v) is 9.29. The van der Waals surface area contributed by atoms with Gasteiger partial charge in [0.15, 0.2) is 6.61 Å². The van der Waals surface area contributed by atoms with Crippen LogP contribution in [-0.4, -0.2) is 48.5 Å². The number of carbonyl (C=O) groups is 1. The molecule has 2 aromatic rings. The Morgan fingerprint density at radius 3 is 2.43 bits per heavy atom. The predicted molar refractivity (Wildman–Crippen MR) is 104 cm³/mol. The van der Waals surface area contributed by atoms with Gasteiger partial charge in [0, 0.05) is 37.3 Å². The standard InChI is InChI=1S/C19H17ClF3N3O4/c20-14-2-1-3-15(11-14)30-12-18(27)25-8-6-24(7-9-25)16-5-4-13(19(21,22)23)10-17(16)26(28)29/h1-5,10-11H,6-9,12H2. The molecule has 0 aromatic heterocycles. The van der Waals surface area contributed by atoms with Crippen LogP contribution >= 0.6 is 11.6 Å². The van der Waals surface area contributed by atoms with Crippen molar-refractivity contribution < 1.29 is 27.6 Å². The van der Waals surface area contributed by atoms with Crippen LogP contribution in [0.1, 0.15) is 5.56 Å². The maximum atomic E-state index is 12.9. The summed E-state index contributed by atoms with van der Waals surface area (Å²) in [6, 6.07) is 9.07. The maximum Gasteiger partial charge on any atom is 0.416 e. The number of halogens is 4. The van der Waals surface area contributed by atoms with Gasteiger partial charge in [-0.3, -0.25) is 14.9 Å². The van der Waals surface area contributed by atoms with E-state index in [2.05, 4.69) is 0 Å². The van der Waals surface area contributed by atoms with Gasteiger partial charge in [-0.2, -0.15) is 13.2 Å². The van der Waals surface area contributed by atoms with Crippen molar-refractivity contribution in [2.24, 2.45) is 0 Å². The molecule has 1 aliphatic rings. The smallest absolute Gasteiger partial charge is 0.416 e. The molecule has 7 nitrogen and oxygen atoms in total. The summed E-state index contributed by atoms with van der Waals surface area (Å²) in [5, 5.41) is 11.8. The molecule has 1 saturated heterocycles. The van der Waals surface area contributed by atoms with E-state index >= 15 is 0 Å². The fourth-order valence-electron chi connectivity index (χ4n) is 3.10. The summed E-state index contributed by atoms with van der Waals surface area (Å²) in [6.45, 7) is 0.816. The first kappa shape index (κ1) is 21.7. The van der Waals surface area contributed by atoms with Gasteiger partial charge in [0.2, 0.25) is 0 Å². The lowest BCUT2D eigenvalue weighted by molar-refractivity contribution is -0.384. The van der Waals surface area contributed by atoms with Gasteiger partial charge in [0.25, 0.3) is 11.6 Å². The molecule has 1 heterocycles. The molecule has 0 bridgehead atoms. The number of hydrogen-bond acceptors (Lipinski definition) is 5. The molecule has 3 rings (SSSR count). The van der Waals surface area contributed by atoms with Crippen molar-refractivity contribution in [1.29, 1.82) is 0 Å². The second-order valence-electron chi connectivity index (χ2n) is 6.57. The lowest BCUT2D eigenvalue weighted by Crippen LogP contribution is -2.50. The molecule has 1 fully saturated rings. The summed E-state index contributed by atoms with van der Waals surface area (Å²) in [7, 11) is 0. The van der Waals surface area contributed by atoms with Crippen molar-refractivity contribution in [2.45, 2.75) is 6.18 Å². The van der Waals surface area contributed by atoms with Gasteiger partial charge in [-0.15, -0.1) is 0 Å². The number of alkyl halides is 3. The number of nitro benzene ring substituents is 1. The third-order valence-corrected chi connectivity index (χ3v) is 4.87. The van der Waals surface area contributed by atoms with Crippen LogP contribution in [0.25, 0.3) is 0 Å². The average molecular weight is 444 g/mol. The van der Waals surface area contributed by atoms with E-state index in [4.69, 9.17) is 16.3 Å². The van der Waals surface area contributed by atoms with Crippen molar-refractivity contribution in [1.82, 2.24) is 4.90 Å². The zero-order valence-corrected chi connectivity index (χ0v) is 16.3. The third kappa shape index (κ3) is 5.12. The predicted octanol–water partition coefficient (Wildman–Crippen LogP) is 3.99. The van der Waals surface area contributed by atoms with Crippen molar-refractivity contribution in [3.8, 4) is 5.75 Å². The largest absolute Gasteiger partial charge is 0.484 e. The molecule has 0 spiro atoms. The molecular formula is C19H17ClF3N3O4. The molecule has 0 atom stereocenters. The number of nitro groups is 1. The van der Waals surface area contributed by atoms with Crippen molar-refractivity contribution in [3.63, 3.8) is 0 Å². The van der Waals surface area contributed by atoms with E-state index in [0.29, 0.717) is 16.8 Å². The lowest BCUT2D eigenvalue weighted by Gasteiger charge is -2.35. The first-order valence-electron chi connectivity index (χ1n) is 8.92. The maximum absolute atomic E-state index is 12.9. The quantitative estimate of drug-likeness (QED) is 0.516. The minimum Gasteiger partial charge on any atom is -0.484 e. The summed E-state index contributed by atoms with van der Waals surface area (Å²) >= 11 is 5.86. The topological polar surface area (TPSA) is 75.9 Å². The summed E-state index contributed by atoms with van der Waals surface area (Å²) in [5.41, 5.74) is -1.60. The fourth-order valence-corrected chi connectivity index (χ4v) is 3.28. The Balaban J connectivity index is 1.62. The number of rotatable bonds is 5. The van der Waals surface area contributed by atoms with Crippen molar-refractivity contribution >= 4 is 28.9 Å². The van der Waals surface area contributed by atoms with E-state index < -0.39 is 22.4 Å². The molecule has 11 heteroatoms. The van der Waals surface area contributed by atoms with Gasteiger partial charge in [0.1, 0.15) is 11.4 Å². The third-order valence-electron chi connectivity index (χ3n) is 4.63. The fraction of sp³-hybridized carbons (Fsp3) is 0.316. The highest BCUT2D eigenvalue weighted by Crippen LogP contribution is 2.36. The van der Waals surface area contributed by atoms with Gasteiger partial charge in [-0.25, -0.2) is 0 Å². The zero-order valence-electron chi connectivity index (χ0n) is 15.6. The van der Waals surface area contributed by atoms with Crippen LogP contribution in [-0.2, 0) is 11.0 Å². The van der Waals surface area contributed by atoms with Crippen LogP contribution < -0.4 is 9.64 Å². The highest BCUT2D eigenvalue weighted by Gasteiger charge is 2.34. The Morgan fingerprint density at radius 1 is 1.13 bits per heavy atom. The summed E-state index contributed by atoms with van der Waals surface area (Å²) in [6.07, 6.45) is -4.67. The minimum absolute atomic E-state index is 0.0928. The van der Waals surface area contributed by atoms with E-state index in [-0.39, 0.29) is 44.4 Å². The molecule has 0 radical (unpaired) electrons. The first-order chi connectivity index (χ1) is 14.1. The van der Waals surface area contributed by atoms with Crippen LogP contribution in [0.5, 0.6) is 5.75 Å². The highest BCUT2D eigenvalue weighted by atomic mass is 35.5. The van der Waals surface area contributed by atoms with Crippen LogP contribution in [0.4, 0.5) is 24.5 Å². The van der Waals surface area contributed by atoms with E-state index in [1.165, 1.54) is 4.90 Å². The molecule has 0 N–H and O–H groups in total. The van der Waals surface area contributed by atoms with E-state index in [1.807, 2.05) is 0 Å². The molecule has 2 aromatic carbocycles. The van der Waals surface area contributed by atoms with Crippen LogP contribution in [0.2, 0.25) is 5.02 Å². The zero-order chi connectivity index (χ0) is 21.9. The minimum atomic E-state index is -4.67. The molecule has 0 unspecified atom stereocenters. The molecule has 1 amide bonds. The van der Waals surface area contributed by atoms with Crippen LogP contribution in [0.3, 0.4) is 0 Å². The summed E-state index contributed by atoms with van der Waals surface area (Å²) in [4.78, 5) is 25.9. The van der Waals surface area contributed by atoms with E-state index in [1.54, 1.807) is 29.2 Å². The van der Waals surface area contributed by atoms with Gasteiger partial charge in [-0.1, -0.05) is 17.7 Å². The Kier molecular flexibility index (Phi) is 6.35. The number of anilines is 1. The Hall–Kier alpha value is -3.01. The van der Waals surface area contributed by atoms with Gasteiger partial charge >= 0.3 is 6.18 Å². The molecule has 0 saturated carbocycles. The van der Waals surface area contributed by atoms with Crippen molar-refractivity contribution in [3.05, 3.63) is 63.2 Å². The van der Waals surface area contributed by atoms with Gasteiger partial charge in [0.05, 0.1) is 10.5 Å². The number of hydrogen-bond donors (Lipinski definition) is 0. The SMILES string of the molecule is O=C(COc1cccc(Cl)c1)N1CCN(c2ccc(C(F)(F)F)cc2[N+](=O)[O-])CC1. The van der Waals surface area contributed by atoms with Crippen LogP contribution in [0, 0.1) is 10.1 Å². The van der Waals surface area contributed by atoms with Gasteiger partial charge < -0.3 is 14.5 Å². The number of nitrogens with zero attached hydrogens (tertiary/aromatic N) is 3. The molecule has 0 aliphatic carbocycles. The Morgan fingerprint density at radius 2 is 1.83 bits per heavy atom. The molecular weight excluding hydrogens is 427 g/mol. The second-order valence-corrected chi connectivity index (χ2v) is 7.01. The highest BCUT2D eigenvalue weighted by molar-refractivity contribution is 6.30. The van der Waals surface area contributed by atoms with Crippen molar-refractivity contribution in [2.75, 3.05) is 37.7 Å². The molecule has 160 valence electrons. The lowest BCUT2D eigenvalue weighted by atomic mass is 10.1. The Labute approximate surface area is 174 Å². The monoisotopic (exact) mass is 443 g/mol. The number of amides is 1. The normalized spacial score (nSPS) is 14.5.